The number of nitrogens with zero attached hydrogens (tertiary/aromatic N) is 4. The van der Waals surface area contributed by atoms with Gasteiger partial charge < -0.3 is 20.4 Å². The van der Waals surface area contributed by atoms with Crippen molar-refractivity contribution in [2.45, 2.75) is 6.54 Å². The van der Waals surface area contributed by atoms with E-state index in [1.807, 2.05) is 19.3 Å². The van der Waals surface area contributed by atoms with Crippen LogP contribution in [0, 0.1) is 0 Å². The molecule has 0 radical (unpaired) electrons. The molecular formula is C14H25IN6. The summed E-state index contributed by atoms with van der Waals surface area (Å²) >= 11 is 0. The van der Waals surface area contributed by atoms with Gasteiger partial charge in [0, 0.05) is 53.0 Å². The van der Waals surface area contributed by atoms with Gasteiger partial charge in [0.1, 0.15) is 5.82 Å². The van der Waals surface area contributed by atoms with Gasteiger partial charge in [0.15, 0.2) is 5.96 Å². The van der Waals surface area contributed by atoms with E-state index in [9.17, 15) is 0 Å². The average molecular weight is 404 g/mol. The molecule has 0 unspecified atom stereocenters. The monoisotopic (exact) mass is 404 g/mol. The number of likely N-dealkylation sites (N-methyl/N-ethyl adjacent to an activating group) is 1. The van der Waals surface area contributed by atoms with Gasteiger partial charge in [-0.2, -0.15) is 0 Å². The van der Waals surface area contributed by atoms with Gasteiger partial charge in [0.05, 0.1) is 0 Å². The molecule has 1 aromatic rings. The molecule has 1 fully saturated rings. The van der Waals surface area contributed by atoms with Crippen molar-refractivity contribution in [3.63, 3.8) is 0 Å². The molecule has 2 rings (SSSR count). The molecule has 0 aliphatic carbocycles. The summed E-state index contributed by atoms with van der Waals surface area (Å²) in [5.74, 6) is 1.86. The zero-order chi connectivity index (χ0) is 14.4. The van der Waals surface area contributed by atoms with Crippen molar-refractivity contribution >= 4 is 35.8 Å². The number of rotatable bonds is 3. The first-order valence-electron chi connectivity index (χ1n) is 6.99. The lowest BCUT2D eigenvalue weighted by atomic mass is 10.2. The minimum absolute atomic E-state index is 0. The maximum atomic E-state index is 4.49. The lowest BCUT2D eigenvalue weighted by Gasteiger charge is -2.33. The summed E-state index contributed by atoms with van der Waals surface area (Å²) in [5, 5.41) is 6.27. The fourth-order valence-corrected chi connectivity index (χ4v) is 2.24. The van der Waals surface area contributed by atoms with E-state index in [1.165, 1.54) is 5.56 Å². The van der Waals surface area contributed by atoms with E-state index in [4.69, 9.17) is 0 Å². The Hall–Kier alpha value is -1.09. The molecule has 1 aromatic heterocycles. The van der Waals surface area contributed by atoms with E-state index in [0.717, 1.165) is 44.5 Å². The highest BCUT2D eigenvalue weighted by molar-refractivity contribution is 14.0. The summed E-state index contributed by atoms with van der Waals surface area (Å²) in [6, 6.07) is 4.19. The van der Waals surface area contributed by atoms with Gasteiger partial charge >= 0.3 is 0 Å². The van der Waals surface area contributed by atoms with Crippen LogP contribution in [0.3, 0.4) is 0 Å². The number of anilines is 1. The van der Waals surface area contributed by atoms with Crippen LogP contribution in [-0.2, 0) is 6.54 Å². The van der Waals surface area contributed by atoms with Gasteiger partial charge in [0.25, 0.3) is 0 Å². The number of nitrogens with one attached hydrogen (secondary N) is 2. The maximum Gasteiger partial charge on any atom is 0.190 e. The molecule has 118 valence electrons. The standard InChI is InChI=1S/C14H24N6.HI/c1-15-14(16-2)18-11-12-4-5-17-13(10-12)20-8-6-19(3)7-9-20;/h4-5,10H,6-9,11H2,1-3H3,(H2,15,16,18);1H. The fourth-order valence-electron chi connectivity index (χ4n) is 2.24. The molecule has 1 aliphatic rings. The Morgan fingerprint density at radius 2 is 2.05 bits per heavy atom. The van der Waals surface area contributed by atoms with E-state index >= 15 is 0 Å². The van der Waals surface area contributed by atoms with E-state index in [0.29, 0.717) is 0 Å². The van der Waals surface area contributed by atoms with Gasteiger partial charge in [-0.3, -0.25) is 4.99 Å². The summed E-state index contributed by atoms with van der Waals surface area (Å²) in [4.78, 5) is 13.3. The zero-order valence-electron chi connectivity index (χ0n) is 13.0. The van der Waals surface area contributed by atoms with Crippen molar-refractivity contribution in [1.29, 1.82) is 0 Å². The van der Waals surface area contributed by atoms with Crippen LogP contribution < -0.4 is 15.5 Å². The van der Waals surface area contributed by atoms with Crippen LogP contribution >= 0.6 is 24.0 Å². The van der Waals surface area contributed by atoms with Crippen LogP contribution in [0.15, 0.2) is 23.3 Å². The third-order valence-electron chi connectivity index (χ3n) is 3.56. The Morgan fingerprint density at radius 1 is 1.33 bits per heavy atom. The third kappa shape index (κ3) is 5.31. The van der Waals surface area contributed by atoms with E-state index in [1.54, 1.807) is 7.05 Å². The Labute approximate surface area is 144 Å². The van der Waals surface area contributed by atoms with Gasteiger partial charge in [-0.05, 0) is 24.7 Å². The molecule has 6 nitrogen and oxygen atoms in total. The fraction of sp³-hybridized carbons (Fsp3) is 0.571. The molecule has 7 heteroatoms. The summed E-state index contributed by atoms with van der Waals surface area (Å²) in [6.45, 7) is 5.01. The molecule has 0 bridgehead atoms. The first-order valence-corrected chi connectivity index (χ1v) is 6.99. The Morgan fingerprint density at radius 3 is 2.67 bits per heavy atom. The van der Waals surface area contributed by atoms with Crippen molar-refractivity contribution in [2.75, 3.05) is 52.2 Å². The molecule has 21 heavy (non-hydrogen) atoms. The minimum Gasteiger partial charge on any atom is -0.359 e. The highest BCUT2D eigenvalue weighted by Crippen LogP contribution is 2.14. The van der Waals surface area contributed by atoms with E-state index in [2.05, 4.69) is 43.5 Å². The molecule has 0 saturated carbocycles. The van der Waals surface area contributed by atoms with Gasteiger partial charge in [-0.15, -0.1) is 24.0 Å². The largest absolute Gasteiger partial charge is 0.359 e. The normalized spacial score (nSPS) is 16.3. The number of halogens is 1. The van der Waals surface area contributed by atoms with Crippen molar-refractivity contribution in [2.24, 2.45) is 4.99 Å². The van der Waals surface area contributed by atoms with Crippen molar-refractivity contribution in [3.05, 3.63) is 23.9 Å². The number of aliphatic imine (C=N–C) groups is 1. The smallest absolute Gasteiger partial charge is 0.190 e. The van der Waals surface area contributed by atoms with E-state index < -0.39 is 0 Å². The highest BCUT2D eigenvalue weighted by Gasteiger charge is 2.15. The molecule has 2 N–H and O–H groups in total. The number of hydrogen-bond donors (Lipinski definition) is 2. The van der Waals surface area contributed by atoms with Gasteiger partial charge in [-0.1, -0.05) is 0 Å². The van der Waals surface area contributed by atoms with E-state index in [-0.39, 0.29) is 24.0 Å². The Kier molecular flexibility index (Phi) is 7.73. The molecule has 1 aliphatic heterocycles. The quantitative estimate of drug-likeness (QED) is 0.443. The second-order valence-electron chi connectivity index (χ2n) is 4.99. The summed E-state index contributed by atoms with van der Waals surface area (Å²) < 4.78 is 0. The SMILES string of the molecule is CN=C(NC)NCc1ccnc(N2CCN(C)CC2)c1.I. The van der Waals surface area contributed by atoms with Crippen molar-refractivity contribution in [1.82, 2.24) is 20.5 Å². The third-order valence-corrected chi connectivity index (χ3v) is 3.56. The van der Waals surface area contributed by atoms with Crippen LogP contribution in [0.25, 0.3) is 0 Å². The lowest BCUT2D eigenvalue weighted by molar-refractivity contribution is 0.312. The van der Waals surface area contributed by atoms with Gasteiger partial charge in [-0.25, -0.2) is 4.98 Å². The van der Waals surface area contributed by atoms with Crippen LogP contribution in [-0.4, -0.2) is 63.2 Å². The number of hydrogen-bond acceptors (Lipinski definition) is 4. The number of guanidine groups is 1. The molecule has 1 saturated heterocycles. The van der Waals surface area contributed by atoms with Crippen LogP contribution in [0.4, 0.5) is 5.82 Å². The first-order chi connectivity index (χ1) is 9.72. The average Bonchev–Trinajstić information content (AvgIpc) is 2.49. The number of piperazine rings is 1. The highest BCUT2D eigenvalue weighted by atomic mass is 127. The first kappa shape index (κ1) is 18.0. The second kappa shape index (κ2) is 9.04. The molecule has 0 spiro atoms. The molecule has 0 aromatic carbocycles. The molecule has 2 heterocycles. The summed E-state index contributed by atoms with van der Waals surface area (Å²) in [7, 11) is 5.78. The van der Waals surface area contributed by atoms with Crippen LogP contribution in [0.5, 0.6) is 0 Å². The number of pyridine rings is 1. The summed E-state index contributed by atoms with van der Waals surface area (Å²) in [5.41, 5.74) is 1.21. The van der Waals surface area contributed by atoms with Gasteiger partial charge in [0.2, 0.25) is 0 Å². The predicted octanol–water partition coefficient (Wildman–Crippen LogP) is 0.746. The van der Waals surface area contributed by atoms with Crippen molar-refractivity contribution < 1.29 is 0 Å². The number of aromatic nitrogens is 1. The zero-order valence-corrected chi connectivity index (χ0v) is 15.3. The topological polar surface area (TPSA) is 55.8 Å². The molecular weight excluding hydrogens is 379 g/mol. The van der Waals surface area contributed by atoms with Crippen LogP contribution in [0.2, 0.25) is 0 Å². The second-order valence-corrected chi connectivity index (χ2v) is 4.99. The van der Waals surface area contributed by atoms with Crippen molar-refractivity contribution in [3.8, 4) is 0 Å². The lowest BCUT2D eigenvalue weighted by Crippen LogP contribution is -2.44. The minimum atomic E-state index is 0. The molecule has 0 amide bonds. The molecule has 0 atom stereocenters. The maximum absolute atomic E-state index is 4.49. The Balaban J connectivity index is 0.00000220. The Bertz CT molecular complexity index is 457. The van der Waals surface area contributed by atoms with Crippen LogP contribution in [0.1, 0.15) is 5.56 Å². The predicted molar refractivity (Wildman–Crippen MR) is 98.6 cm³/mol. The summed E-state index contributed by atoms with van der Waals surface area (Å²) in [6.07, 6.45) is 1.88.